The summed E-state index contributed by atoms with van der Waals surface area (Å²) < 4.78 is 41.1. The molecule has 1 saturated carbocycles. The maximum absolute atomic E-state index is 15.2. The van der Waals surface area contributed by atoms with E-state index in [0.717, 1.165) is 37.0 Å². The molecule has 4 atom stereocenters. The van der Waals surface area contributed by atoms with Crippen LogP contribution in [0.15, 0.2) is 42.7 Å². The zero-order chi connectivity index (χ0) is 29.8. The molecule has 0 saturated heterocycles. The van der Waals surface area contributed by atoms with Gasteiger partial charge in [0.15, 0.2) is 0 Å². The number of ether oxygens (including phenoxy) is 2. The fourth-order valence-electron chi connectivity index (χ4n) is 6.27. The molecule has 2 aromatic heterocycles. The summed E-state index contributed by atoms with van der Waals surface area (Å²) in [5.74, 6) is -0.283. The number of halogens is 2. The van der Waals surface area contributed by atoms with Crippen molar-refractivity contribution in [3.8, 4) is 22.8 Å². The quantitative estimate of drug-likeness (QED) is 0.290. The van der Waals surface area contributed by atoms with Gasteiger partial charge in [0, 0.05) is 24.4 Å². The van der Waals surface area contributed by atoms with Crippen LogP contribution < -0.4 is 20.5 Å². The van der Waals surface area contributed by atoms with Crippen LogP contribution in [-0.2, 0) is 0 Å². The van der Waals surface area contributed by atoms with Crippen LogP contribution in [0, 0.1) is 29.4 Å². The molecule has 4 rings (SSSR count). The molecule has 3 aromatic rings. The van der Waals surface area contributed by atoms with E-state index in [1.807, 2.05) is 19.9 Å². The summed E-state index contributed by atoms with van der Waals surface area (Å²) in [6.07, 6.45) is 5.93. The van der Waals surface area contributed by atoms with Gasteiger partial charge in [0.2, 0.25) is 0 Å². The topological polar surface area (TPSA) is 99.4 Å². The summed E-state index contributed by atoms with van der Waals surface area (Å²) in [6, 6.07) is 6.95. The third-order valence-corrected chi connectivity index (χ3v) is 7.95. The second kappa shape index (κ2) is 12.9. The normalized spacial score (nSPS) is 20.8. The van der Waals surface area contributed by atoms with Gasteiger partial charge in [-0.1, -0.05) is 27.2 Å². The Morgan fingerprint density at radius 3 is 2.54 bits per heavy atom. The van der Waals surface area contributed by atoms with Gasteiger partial charge in [0.1, 0.15) is 34.5 Å². The van der Waals surface area contributed by atoms with Crippen molar-refractivity contribution in [2.45, 2.75) is 71.9 Å². The van der Waals surface area contributed by atoms with E-state index >= 15 is 4.39 Å². The first kappa shape index (κ1) is 30.4. The van der Waals surface area contributed by atoms with Crippen molar-refractivity contribution in [2.24, 2.45) is 23.5 Å². The highest BCUT2D eigenvalue weighted by Gasteiger charge is 2.38. The fourth-order valence-corrected chi connectivity index (χ4v) is 6.27. The largest absolute Gasteiger partial charge is 0.496 e. The molecule has 1 aliphatic carbocycles. The van der Waals surface area contributed by atoms with Gasteiger partial charge in [0.25, 0.3) is 5.91 Å². The first-order valence-electron chi connectivity index (χ1n) is 14.3. The Kier molecular flexibility index (Phi) is 9.58. The molecule has 3 N–H and O–H groups in total. The molecule has 41 heavy (non-hydrogen) atoms. The third-order valence-electron chi connectivity index (χ3n) is 7.95. The summed E-state index contributed by atoms with van der Waals surface area (Å²) in [6.45, 7) is 10.3. The Balaban J connectivity index is 1.63. The smallest absolute Gasteiger partial charge is 0.274 e. The molecular formula is C32H40F2N4O3. The number of hydrogen-bond acceptors (Lipinski definition) is 6. The molecule has 1 fully saturated rings. The average molecular weight is 567 g/mol. The van der Waals surface area contributed by atoms with Gasteiger partial charge in [-0.05, 0) is 74.1 Å². The number of benzene rings is 1. The monoisotopic (exact) mass is 566 g/mol. The highest BCUT2D eigenvalue weighted by molar-refractivity contribution is 6.03. The van der Waals surface area contributed by atoms with Crippen molar-refractivity contribution in [3.05, 3.63) is 65.6 Å². The van der Waals surface area contributed by atoms with Gasteiger partial charge < -0.3 is 20.5 Å². The first-order chi connectivity index (χ1) is 19.5. The zero-order valence-corrected chi connectivity index (χ0v) is 24.6. The Labute approximate surface area is 240 Å². The molecular weight excluding hydrogens is 526 g/mol. The zero-order valence-electron chi connectivity index (χ0n) is 24.6. The van der Waals surface area contributed by atoms with E-state index in [2.05, 4.69) is 36.1 Å². The first-order valence-corrected chi connectivity index (χ1v) is 14.3. The molecule has 4 unspecified atom stereocenters. The van der Waals surface area contributed by atoms with E-state index in [1.165, 1.54) is 19.2 Å². The summed E-state index contributed by atoms with van der Waals surface area (Å²) in [5.41, 5.74) is 7.58. The van der Waals surface area contributed by atoms with Crippen LogP contribution in [0.1, 0.15) is 75.9 Å². The lowest BCUT2D eigenvalue weighted by atomic mass is 9.65. The van der Waals surface area contributed by atoms with Gasteiger partial charge in [-0.25, -0.2) is 13.8 Å². The van der Waals surface area contributed by atoms with Gasteiger partial charge in [-0.2, -0.15) is 0 Å². The molecule has 9 heteroatoms. The molecule has 1 amide bonds. The van der Waals surface area contributed by atoms with E-state index in [-0.39, 0.29) is 46.5 Å². The molecule has 0 radical (unpaired) electrons. The Hall–Kier alpha value is -3.59. The maximum Gasteiger partial charge on any atom is 0.274 e. The van der Waals surface area contributed by atoms with Crippen molar-refractivity contribution in [3.63, 3.8) is 0 Å². The fraction of sp³-hybridized carbons (Fsp3) is 0.469. The second-order valence-corrected chi connectivity index (χ2v) is 11.4. The van der Waals surface area contributed by atoms with E-state index in [9.17, 15) is 9.18 Å². The molecule has 1 aliphatic rings. The molecule has 220 valence electrons. The minimum absolute atomic E-state index is 0.0398. The number of nitrogens with two attached hydrogens (primary N) is 1. The van der Waals surface area contributed by atoms with Crippen LogP contribution in [0.5, 0.6) is 11.5 Å². The van der Waals surface area contributed by atoms with Crippen LogP contribution in [0.25, 0.3) is 11.3 Å². The summed E-state index contributed by atoms with van der Waals surface area (Å²) >= 11 is 0. The molecule has 0 spiro atoms. The molecule has 0 aliphatic heterocycles. The average Bonchev–Trinajstić information content (AvgIpc) is 2.92. The number of carbonyl (C=O) groups excluding carboxylic acids is 1. The highest BCUT2D eigenvalue weighted by Crippen LogP contribution is 2.45. The van der Waals surface area contributed by atoms with Crippen LogP contribution in [-0.4, -0.2) is 35.1 Å². The second-order valence-electron chi connectivity index (χ2n) is 11.4. The number of nitrogens with zero attached hydrogens (tertiary/aromatic N) is 2. The minimum atomic E-state index is -0.792. The van der Waals surface area contributed by atoms with Crippen molar-refractivity contribution >= 4 is 11.6 Å². The number of anilines is 1. The molecule has 2 heterocycles. The number of amides is 1. The molecule has 7 nitrogen and oxygen atoms in total. The van der Waals surface area contributed by atoms with Gasteiger partial charge in [-0.15, -0.1) is 0 Å². The van der Waals surface area contributed by atoms with Crippen molar-refractivity contribution in [1.29, 1.82) is 0 Å². The van der Waals surface area contributed by atoms with Crippen molar-refractivity contribution < 1.29 is 23.0 Å². The standard InChI is InChI=1S/C32H40F2N4O3/c1-7-19-12-20(13-25(35)29(19)17(2)3)22-10-11-36-16-27(22)38-32(39)26-9-8-23(33)31(37-26)30-24(34)14-21(41-18(4)5)15-28(30)40-6/h8-11,14-20,25,29H,7,12-13,35H2,1-6H3,(H,38,39). The van der Waals surface area contributed by atoms with Crippen LogP contribution in [0.2, 0.25) is 0 Å². The number of aromatic nitrogens is 2. The lowest BCUT2D eigenvalue weighted by Crippen LogP contribution is -2.44. The third kappa shape index (κ3) is 6.67. The van der Waals surface area contributed by atoms with E-state index in [1.54, 1.807) is 12.4 Å². The minimum Gasteiger partial charge on any atom is -0.496 e. The Bertz CT molecular complexity index is 1380. The number of rotatable bonds is 9. The van der Waals surface area contributed by atoms with Crippen LogP contribution in [0.3, 0.4) is 0 Å². The SMILES string of the molecule is CCC1CC(c2ccncc2NC(=O)c2ccc(F)c(-c3c(F)cc(OC(C)C)cc3OC)n2)CC(N)C1C(C)C. The summed E-state index contributed by atoms with van der Waals surface area (Å²) in [7, 11) is 1.35. The predicted molar refractivity (Wildman–Crippen MR) is 156 cm³/mol. The lowest BCUT2D eigenvalue weighted by molar-refractivity contribution is 0.102. The number of methoxy groups -OCH3 is 1. The van der Waals surface area contributed by atoms with Crippen LogP contribution >= 0.6 is 0 Å². The summed E-state index contributed by atoms with van der Waals surface area (Å²) in [5, 5.41) is 2.91. The molecule has 0 bridgehead atoms. The van der Waals surface area contributed by atoms with Crippen molar-refractivity contribution in [1.82, 2.24) is 9.97 Å². The molecule has 1 aromatic carbocycles. The number of nitrogens with one attached hydrogen (secondary N) is 1. The van der Waals surface area contributed by atoms with E-state index < -0.39 is 17.5 Å². The van der Waals surface area contributed by atoms with Gasteiger partial charge in [0.05, 0.1) is 30.7 Å². The van der Waals surface area contributed by atoms with E-state index in [4.69, 9.17) is 15.2 Å². The van der Waals surface area contributed by atoms with Gasteiger partial charge >= 0.3 is 0 Å². The number of carbonyl (C=O) groups is 1. The van der Waals surface area contributed by atoms with Gasteiger partial charge in [-0.3, -0.25) is 9.78 Å². The van der Waals surface area contributed by atoms with E-state index in [0.29, 0.717) is 23.4 Å². The lowest BCUT2D eigenvalue weighted by Gasteiger charge is -2.43. The number of pyridine rings is 2. The summed E-state index contributed by atoms with van der Waals surface area (Å²) in [4.78, 5) is 21.8. The Morgan fingerprint density at radius 2 is 1.88 bits per heavy atom. The predicted octanol–water partition coefficient (Wildman–Crippen LogP) is 6.97. The highest BCUT2D eigenvalue weighted by atomic mass is 19.1. The Morgan fingerprint density at radius 1 is 1.12 bits per heavy atom. The number of hydrogen-bond donors (Lipinski definition) is 2. The van der Waals surface area contributed by atoms with Crippen molar-refractivity contribution in [2.75, 3.05) is 12.4 Å². The van der Waals surface area contributed by atoms with Crippen LogP contribution in [0.4, 0.5) is 14.5 Å². The maximum atomic E-state index is 15.2.